The topological polar surface area (TPSA) is 85.3 Å². The van der Waals surface area contributed by atoms with Crippen molar-refractivity contribution in [1.82, 2.24) is 5.32 Å². The van der Waals surface area contributed by atoms with Crippen LogP contribution in [0.5, 0.6) is 0 Å². The smallest absolute Gasteiger partial charge is 0.319 e. The number of nitrogens with one attached hydrogen (secondary N) is 1. The van der Waals surface area contributed by atoms with E-state index in [4.69, 9.17) is 10.2 Å². The van der Waals surface area contributed by atoms with Crippen molar-refractivity contribution >= 4 is 11.9 Å². The van der Waals surface area contributed by atoms with E-state index in [1.807, 2.05) is 5.32 Å². The van der Waals surface area contributed by atoms with Gasteiger partial charge in [-0.25, -0.2) is 4.79 Å². The van der Waals surface area contributed by atoms with E-state index in [-0.39, 0.29) is 5.76 Å². The molecule has 5 heteroatoms. The Bertz CT molecular complexity index is 316. The largest absolute Gasteiger partial charge is 0.456 e. The fourth-order valence-corrected chi connectivity index (χ4v) is 0.730. The van der Waals surface area contributed by atoms with E-state index in [2.05, 4.69) is 0 Å². The fourth-order valence-electron chi connectivity index (χ4n) is 0.730. The number of imide groups is 1. The molecule has 5 nitrogen and oxygen atoms in total. The molecule has 0 aliphatic heterocycles. The Balaban J connectivity index is 2.72. The molecule has 3 amide bonds. The molecular weight excluding hydrogens is 160 g/mol. The molecule has 0 aliphatic rings. The van der Waals surface area contributed by atoms with Crippen molar-refractivity contribution < 1.29 is 14.0 Å². The zero-order valence-electron chi connectivity index (χ0n) is 6.46. The zero-order chi connectivity index (χ0) is 9.14. The van der Waals surface area contributed by atoms with E-state index in [1.165, 1.54) is 6.07 Å². The first-order valence-corrected chi connectivity index (χ1v) is 3.27. The standard InChI is InChI=1S/C7H8N2O3/c1-4-2-3-5(12-4)6(10)9-7(8)11/h2-3H,1H3,(H3,8,9,10,11). The second-order valence-corrected chi connectivity index (χ2v) is 2.23. The number of carbonyl (C=O) groups is 2. The van der Waals surface area contributed by atoms with Gasteiger partial charge in [-0.1, -0.05) is 0 Å². The van der Waals surface area contributed by atoms with Crippen LogP contribution in [0.1, 0.15) is 16.3 Å². The van der Waals surface area contributed by atoms with Crippen LogP contribution in [0.4, 0.5) is 4.79 Å². The molecular formula is C7H8N2O3. The second kappa shape index (κ2) is 3.08. The minimum Gasteiger partial charge on any atom is -0.456 e. The minimum atomic E-state index is -0.894. The Hall–Kier alpha value is -1.78. The van der Waals surface area contributed by atoms with E-state index < -0.39 is 11.9 Å². The number of hydrogen-bond donors (Lipinski definition) is 2. The number of furan rings is 1. The van der Waals surface area contributed by atoms with E-state index in [0.29, 0.717) is 5.76 Å². The maximum Gasteiger partial charge on any atom is 0.319 e. The maximum absolute atomic E-state index is 11.0. The van der Waals surface area contributed by atoms with Crippen LogP contribution in [0.2, 0.25) is 0 Å². The molecule has 0 bridgehead atoms. The lowest BCUT2D eigenvalue weighted by Gasteiger charge is -1.94. The number of carbonyl (C=O) groups excluding carboxylic acids is 2. The summed E-state index contributed by atoms with van der Waals surface area (Å²) in [6.45, 7) is 1.70. The van der Waals surface area contributed by atoms with Gasteiger partial charge in [0.05, 0.1) is 0 Å². The Kier molecular flexibility index (Phi) is 2.14. The summed E-state index contributed by atoms with van der Waals surface area (Å²) in [6, 6.07) is 2.19. The van der Waals surface area contributed by atoms with Gasteiger partial charge in [0, 0.05) is 0 Å². The summed E-state index contributed by atoms with van der Waals surface area (Å²) >= 11 is 0. The summed E-state index contributed by atoms with van der Waals surface area (Å²) in [4.78, 5) is 21.2. The summed E-state index contributed by atoms with van der Waals surface area (Å²) < 4.78 is 4.93. The van der Waals surface area contributed by atoms with Gasteiger partial charge in [-0.15, -0.1) is 0 Å². The van der Waals surface area contributed by atoms with Gasteiger partial charge in [0.1, 0.15) is 5.76 Å². The van der Waals surface area contributed by atoms with Crippen molar-refractivity contribution in [3.8, 4) is 0 Å². The molecule has 1 aromatic rings. The van der Waals surface area contributed by atoms with Crippen LogP contribution in [-0.4, -0.2) is 11.9 Å². The lowest BCUT2D eigenvalue weighted by molar-refractivity contribution is 0.0937. The molecule has 0 unspecified atom stereocenters. The average Bonchev–Trinajstić information content (AvgIpc) is 2.34. The number of aryl methyl sites for hydroxylation is 1. The van der Waals surface area contributed by atoms with Gasteiger partial charge in [0.2, 0.25) is 0 Å². The van der Waals surface area contributed by atoms with Gasteiger partial charge in [-0.05, 0) is 19.1 Å². The molecule has 1 heterocycles. The minimum absolute atomic E-state index is 0.0753. The Morgan fingerprint density at radius 1 is 1.50 bits per heavy atom. The average molecular weight is 168 g/mol. The van der Waals surface area contributed by atoms with Crippen LogP contribution in [-0.2, 0) is 0 Å². The molecule has 0 atom stereocenters. The predicted molar refractivity (Wildman–Crippen MR) is 40.5 cm³/mol. The van der Waals surface area contributed by atoms with Crippen molar-refractivity contribution in [3.63, 3.8) is 0 Å². The van der Waals surface area contributed by atoms with Crippen LogP contribution >= 0.6 is 0 Å². The summed E-state index contributed by atoms with van der Waals surface area (Å²) in [7, 11) is 0. The molecule has 0 fully saturated rings. The third-order valence-electron chi connectivity index (χ3n) is 1.20. The molecule has 0 saturated heterocycles. The highest BCUT2D eigenvalue weighted by Crippen LogP contribution is 2.05. The highest BCUT2D eigenvalue weighted by molar-refractivity contribution is 6.02. The quantitative estimate of drug-likeness (QED) is 0.636. The first-order valence-electron chi connectivity index (χ1n) is 3.27. The number of nitrogens with two attached hydrogens (primary N) is 1. The fraction of sp³-hybridized carbons (Fsp3) is 0.143. The summed E-state index contributed by atoms with van der Waals surface area (Å²) in [5.74, 6) is 0.0477. The van der Waals surface area contributed by atoms with E-state index >= 15 is 0 Å². The summed E-state index contributed by atoms with van der Waals surface area (Å²) in [6.07, 6.45) is 0. The predicted octanol–water partition coefficient (Wildman–Crippen LogP) is 0.397. The van der Waals surface area contributed by atoms with E-state index in [9.17, 15) is 9.59 Å². The van der Waals surface area contributed by atoms with Crippen molar-refractivity contribution in [2.75, 3.05) is 0 Å². The van der Waals surface area contributed by atoms with Crippen molar-refractivity contribution in [2.45, 2.75) is 6.92 Å². The van der Waals surface area contributed by atoms with E-state index in [1.54, 1.807) is 13.0 Å². The van der Waals surface area contributed by atoms with Gasteiger partial charge in [0.25, 0.3) is 5.91 Å². The lowest BCUT2D eigenvalue weighted by Crippen LogP contribution is -2.34. The molecule has 1 rings (SSSR count). The van der Waals surface area contributed by atoms with Gasteiger partial charge in [0.15, 0.2) is 5.76 Å². The van der Waals surface area contributed by atoms with Crippen molar-refractivity contribution in [3.05, 3.63) is 23.7 Å². The first kappa shape index (κ1) is 8.32. The van der Waals surface area contributed by atoms with Gasteiger partial charge >= 0.3 is 6.03 Å². The molecule has 0 spiro atoms. The van der Waals surface area contributed by atoms with Crippen LogP contribution in [0.25, 0.3) is 0 Å². The Labute approximate surface area is 68.5 Å². The maximum atomic E-state index is 11.0. The third kappa shape index (κ3) is 1.85. The number of amides is 3. The third-order valence-corrected chi connectivity index (χ3v) is 1.20. The summed E-state index contributed by atoms with van der Waals surface area (Å²) in [5, 5.41) is 1.88. The number of urea groups is 1. The molecule has 0 saturated carbocycles. The molecule has 0 radical (unpaired) electrons. The van der Waals surface area contributed by atoms with Gasteiger partial charge < -0.3 is 10.2 Å². The van der Waals surface area contributed by atoms with Crippen molar-refractivity contribution in [1.29, 1.82) is 0 Å². The molecule has 0 aromatic carbocycles. The number of hydrogen-bond acceptors (Lipinski definition) is 3. The summed E-state index contributed by atoms with van der Waals surface area (Å²) in [5.41, 5.74) is 4.72. The van der Waals surface area contributed by atoms with E-state index in [0.717, 1.165) is 0 Å². The number of rotatable bonds is 1. The first-order chi connectivity index (χ1) is 5.59. The normalized spacial score (nSPS) is 9.42. The molecule has 3 N–H and O–H groups in total. The van der Waals surface area contributed by atoms with Crippen LogP contribution in [0.3, 0.4) is 0 Å². The Morgan fingerprint density at radius 3 is 2.58 bits per heavy atom. The molecule has 64 valence electrons. The van der Waals surface area contributed by atoms with Crippen LogP contribution < -0.4 is 11.1 Å². The SMILES string of the molecule is Cc1ccc(C(=O)NC(N)=O)o1. The number of primary amides is 1. The van der Waals surface area contributed by atoms with Crippen LogP contribution in [0, 0.1) is 6.92 Å². The lowest BCUT2D eigenvalue weighted by atomic mass is 10.4. The molecule has 12 heavy (non-hydrogen) atoms. The monoisotopic (exact) mass is 168 g/mol. The molecule has 1 aromatic heterocycles. The highest BCUT2D eigenvalue weighted by Gasteiger charge is 2.10. The van der Waals surface area contributed by atoms with Crippen LogP contribution in [0.15, 0.2) is 16.5 Å². The molecule has 0 aliphatic carbocycles. The second-order valence-electron chi connectivity index (χ2n) is 2.23. The van der Waals surface area contributed by atoms with Crippen molar-refractivity contribution in [2.24, 2.45) is 5.73 Å². The van der Waals surface area contributed by atoms with Gasteiger partial charge in [-0.2, -0.15) is 0 Å². The van der Waals surface area contributed by atoms with Gasteiger partial charge in [-0.3, -0.25) is 10.1 Å². The zero-order valence-corrected chi connectivity index (χ0v) is 6.46. The highest BCUT2D eigenvalue weighted by atomic mass is 16.3. The Morgan fingerprint density at radius 2 is 2.17 bits per heavy atom.